The molecule has 2 aromatic heterocycles. The van der Waals surface area contributed by atoms with Gasteiger partial charge in [0.15, 0.2) is 22.8 Å². The third kappa shape index (κ3) is 3.46. The summed E-state index contributed by atoms with van der Waals surface area (Å²) in [5.74, 6) is 1.92. The molecule has 1 aliphatic heterocycles. The predicted octanol–water partition coefficient (Wildman–Crippen LogP) is 5.16. The second-order valence-corrected chi connectivity index (χ2v) is 9.46. The molecule has 3 aromatic rings. The third-order valence-electron chi connectivity index (χ3n) is 4.54. The summed E-state index contributed by atoms with van der Waals surface area (Å²) >= 11 is 7.12. The Labute approximate surface area is 190 Å². The number of pyridine rings is 1. The largest absolute Gasteiger partial charge is 0.328 e. The summed E-state index contributed by atoms with van der Waals surface area (Å²) < 4.78 is 3.26. The van der Waals surface area contributed by atoms with E-state index in [4.69, 9.17) is 10.4 Å². The second kappa shape index (κ2) is 7.45. The highest BCUT2D eigenvalue weighted by molar-refractivity contribution is 9.11. The van der Waals surface area contributed by atoms with Crippen LogP contribution in [0.2, 0.25) is 0 Å². The highest BCUT2D eigenvalue weighted by Gasteiger charge is 2.28. The number of rotatable bonds is 1. The fourth-order valence-corrected chi connectivity index (χ4v) is 4.31. The molecule has 0 atom stereocenters. The van der Waals surface area contributed by atoms with Gasteiger partial charge in [0, 0.05) is 11.0 Å². The number of nitrogens with zero attached hydrogens (tertiary/aromatic N) is 5. The molecule has 9 heteroatoms. The van der Waals surface area contributed by atoms with Crippen molar-refractivity contribution < 1.29 is 0 Å². The Morgan fingerprint density at radius 3 is 2.53 bits per heavy atom. The molecule has 30 heavy (non-hydrogen) atoms. The number of aliphatic imine (C=N–C) groups is 1. The van der Waals surface area contributed by atoms with Crippen LogP contribution in [-0.2, 0) is 0 Å². The van der Waals surface area contributed by atoms with E-state index < -0.39 is 0 Å². The molecule has 2 N–H and O–H groups in total. The lowest BCUT2D eigenvalue weighted by molar-refractivity contribution is 0.587. The topological polar surface area (TPSA) is 102 Å². The van der Waals surface area contributed by atoms with Crippen molar-refractivity contribution >= 4 is 60.8 Å². The van der Waals surface area contributed by atoms with E-state index in [0.29, 0.717) is 27.3 Å². The van der Waals surface area contributed by atoms with Gasteiger partial charge in [-0.15, -0.1) is 0 Å². The Bertz CT molecular complexity index is 1340. The van der Waals surface area contributed by atoms with Crippen LogP contribution in [0.1, 0.15) is 31.9 Å². The van der Waals surface area contributed by atoms with E-state index in [2.05, 4.69) is 53.2 Å². The molecule has 0 saturated heterocycles. The summed E-state index contributed by atoms with van der Waals surface area (Å²) in [6.45, 7) is 6.13. The van der Waals surface area contributed by atoms with Crippen molar-refractivity contribution in [3.05, 3.63) is 62.0 Å². The molecule has 0 bridgehead atoms. The standard InChI is InChI=1S/C21H17Br2N7/c1-21(2,3)20-28-17-12(10-24)16(26-15(25)11-7-5-4-6-8-11)27-18-13(22)9-14(23)19(29-20)30(17)18/h4-9,25H,1-3H3,(H,28,29). The molecule has 150 valence electrons. The molecular weight excluding hydrogens is 510 g/mol. The van der Waals surface area contributed by atoms with E-state index in [1.807, 2.05) is 45.0 Å². The van der Waals surface area contributed by atoms with Gasteiger partial charge in [-0.3, -0.25) is 9.81 Å². The van der Waals surface area contributed by atoms with Crippen molar-refractivity contribution in [2.75, 3.05) is 5.32 Å². The maximum atomic E-state index is 9.98. The molecule has 3 heterocycles. The molecule has 0 unspecified atom stereocenters. The first kappa shape index (κ1) is 20.4. The molecule has 0 aliphatic carbocycles. The normalized spacial score (nSPS) is 13.6. The van der Waals surface area contributed by atoms with Gasteiger partial charge in [0.2, 0.25) is 0 Å². The Kier molecular flexibility index (Phi) is 5.08. The van der Waals surface area contributed by atoms with E-state index in [-0.39, 0.29) is 22.3 Å². The zero-order valence-corrected chi connectivity index (χ0v) is 19.6. The number of halogens is 2. The van der Waals surface area contributed by atoms with E-state index in [1.54, 1.807) is 16.5 Å². The highest BCUT2D eigenvalue weighted by Crippen LogP contribution is 2.38. The number of aromatic nitrogens is 2. The van der Waals surface area contributed by atoms with Crippen LogP contribution in [-0.4, -0.2) is 21.1 Å². The van der Waals surface area contributed by atoms with Gasteiger partial charge in [-0.25, -0.2) is 15.0 Å². The number of hydrogen-bond donors (Lipinski definition) is 2. The highest BCUT2D eigenvalue weighted by atomic mass is 79.9. The predicted molar refractivity (Wildman–Crippen MR) is 124 cm³/mol. The lowest BCUT2D eigenvalue weighted by Crippen LogP contribution is -2.33. The van der Waals surface area contributed by atoms with Crippen LogP contribution in [0.5, 0.6) is 0 Å². The van der Waals surface area contributed by atoms with Crippen LogP contribution in [0.4, 0.5) is 11.6 Å². The average Bonchev–Trinajstić information content (AvgIpc) is 2.71. The summed E-state index contributed by atoms with van der Waals surface area (Å²) in [7, 11) is 0. The number of nitriles is 1. The minimum absolute atomic E-state index is 0.0325. The maximum Gasteiger partial charge on any atom is 0.178 e. The van der Waals surface area contributed by atoms with Crippen LogP contribution in [0.25, 0.3) is 5.65 Å². The van der Waals surface area contributed by atoms with E-state index >= 15 is 0 Å². The number of hydrogen-bond acceptors (Lipinski definition) is 5. The van der Waals surface area contributed by atoms with Gasteiger partial charge in [-0.2, -0.15) is 5.26 Å². The third-order valence-corrected chi connectivity index (χ3v) is 5.71. The van der Waals surface area contributed by atoms with Gasteiger partial charge in [0.1, 0.15) is 23.3 Å². The van der Waals surface area contributed by atoms with Crippen molar-refractivity contribution in [1.82, 2.24) is 9.38 Å². The monoisotopic (exact) mass is 525 g/mol. The van der Waals surface area contributed by atoms with Crippen LogP contribution >= 0.6 is 31.9 Å². The fourth-order valence-electron chi connectivity index (χ4n) is 3.02. The molecule has 0 radical (unpaired) electrons. The van der Waals surface area contributed by atoms with Crippen LogP contribution in [0, 0.1) is 22.2 Å². The Morgan fingerprint density at radius 2 is 1.90 bits per heavy atom. The van der Waals surface area contributed by atoms with Crippen LogP contribution < -0.4 is 10.8 Å². The van der Waals surface area contributed by atoms with E-state index in [1.165, 1.54) is 0 Å². The number of nitrogens with one attached hydrogen (secondary N) is 2. The second-order valence-electron chi connectivity index (χ2n) is 7.76. The molecule has 0 spiro atoms. The first-order chi connectivity index (χ1) is 14.2. The van der Waals surface area contributed by atoms with Crippen molar-refractivity contribution in [3.8, 4) is 6.07 Å². The first-order valence-corrected chi connectivity index (χ1v) is 10.7. The number of anilines is 1. The smallest absolute Gasteiger partial charge is 0.178 e. The van der Waals surface area contributed by atoms with Gasteiger partial charge in [0.05, 0.1) is 8.95 Å². The Morgan fingerprint density at radius 1 is 1.20 bits per heavy atom. The molecule has 0 saturated carbocycles. The quantitative estimate of drug-likeness (QED) is 0.338. The molecule has 0 amide bonds. The van der Waals surface area contributed by atoms with Crippen molar-refractivity contribution in [2.24, 2.45) is 15.4 Å². The van der Waals surface area contributed by atoms with Crippen LogP contribution in [0.15, 0.2) is 55.3 Å². The summed E-state index contributed by atoms with van der Waals surface area (Å²) in [5.41, 5.74) is 1.34. The zero-order chi connectivity index (χ0) is 21.6. The Hall–Kier alpha value is -2.83. The minimum atomic E-state index is -0.277. The van der Waals surface area contributed by atoms with Gasteiger partial charge in [-0.05, 0) is 37.9 Å². The van der Waals surface area contributed by atoms with Crippen molar-refractivity contribution in [1.29, 1.82) is 10.7 Å². The molecule has 7 nitrogen and oxygen atoms in total. The number of amidine groups is 2. The zero-order valence-electron chi connectivity index (χ0n) is 16.5. The van der Waals surface area contributed by atoms with Crippen molar-refractivity contribution in [3.63, 3.8) is 0 Å². The molecular formula is C21H17Br2N7. The fraction of sp³-hybridized carbons (Fsp3) is 0.190. The molecule has 1 aliphatic rings. The van der Waals surface area contributed by atoms with Gasteiger partial charge in [-0.1, -0.05) is 51.1 Å². The van der Waals surface area contributed by atoms with Gasteiger partial charge >= 0.3 is 0 Å². The molecule has 1 aromatic carbocycles. The van der Waals surface area contributed by atoms with E-state index in [0.717, 1.165) is 10.3 Å². The Balaban J connectivity index is 2.07. The average molecular weight is 527 g/mol. The first-order valence-electron chi connectivity index (χ1n) is 9.10. The summed E-state index contributed by atoms with van der Waals surface area (Å²) in [6, 6.07) is 13.2. The summed E-state index contributed by atoms with van der Waals surface area (Å²) in [6.07, 6.45) is 0. The van der Waals surface area contributed by atoms with Gasteiger partial charge in [0.25, 0.3) is 0 Å². The van der Waals surface area contributed by atoms with E-state index in [9.17, 15) is 5.26 Å². The SMILES string of the molecule is CC(C)(C)C1=Nc2c(Br)cc(Br)c3nc(=NC(=N)c4ccccc4)c(C#N)c(n23)N1. The van der Waals surface area contributed by atoms with Crippen molar-refractivity contribution in [2.45, 2.75) is 20.8 Å². The number of benzene rings is 1. The van der Waals surface area contributed by atoms with Gasteiger partial charge < -0.3 is 5.32 Å². The lowest BCUT2D eigenvalue weighted by atomic mass is 9.94. The minimum Gasteiger partial charge on any atom is -0.328 e. The summed E-state index contributed by atoms with van der Waals surface area (Å²) in [5, 5.41) is 21.7. The molecule has 4 rings (SSSR count). The molecule has 0 fully saturated rings. The summed E-state index contributed by atoms with van der Waals surface area (Å²) in [4.78, 5) is 13.8. The lowest BCUT2D eigenvalue weighted by Gasteiger charge is -2.29. The maximum absolute atomic E-state index is 9.98. The van der Waals surface area contributed by atoms with Crippen LogP contribution in [0.3, 0.4) is 0 Å².